The van der Waals surface area contributed by atoms with E-state index in [2.05, 4.69) is 16.0 Å². The number of anilines is 1. The van der Waals surface area contributed by atoms with E-state index in [-0.39, 0.29) is 17.7 Å². The van der Waals surface area contributed by atoms with Crippen LogP contribution >= 0.6 is 0 Å². The number of pyridine rings is 1. The number of aromatic nitrogens is 1. The zero-order valence-corrected chi connectivity index (χ0v) is 13.3. The van der Waals surface area contributed by atoms with E-state index in [1.807, 2.05) is 0 Å². The summed E-state index contributed by atoms with van der Waals surface area (Å²) in [5.74, 6) is 0.858. The molecule has 1 aromatic carbocycles. The Morgan fingerprint density at radius 3 is 2.96 bits per heavy atom. The number of hydrogen-bond acceptors (Lipinski definition) is 6. The summed E-state index contributed by atoms with van der Waals surface area (Å²) in [4.78, 5) is 17.1. The Morgan fingerprint density at radius 2 is 2.29 bits per heavy atom. The van der Waals surface area contributed by atoms with Crippen LogP contribution in [0.15, 0.2) is 24.3 Å². The number of piperidine rings is 1. The van der Waals surface area contributed by atoms with Crippen LogP contribution < -0.4 is 4.90 Å². The first-order valence-electron chi connectivity index (χ1n) is 7.92. The highest BCUT2D eigenvalue weighted by Crippen LogP contribution is 2.29. The van der Waals surface area contributed by atoms with Gasteiger partial charge in [0.2, 0.25) is 0 Å². The molecule has 2 aromatic rings. The molecule has 0 saturated carbocycles. The van der Waals surface area contributed by atoms with Gasteiger partial charge in [-0.2, -0.15) is 5.26 Å². The third kappa shape index (κ3) is 3.01. The second-order valence-electron chi connectivity index (χ2n) is 6.19. The smallest absolute Gasteiger partial charge is 0.270 e. The van der Waals surface area contributed by atoms with E-state index in [0.717, 1.165) is 19.4 Å². The standard InChI is InChI=1S/C17H18N4O3/c1-11(22)12-3-2-6-20(10-12)17-7-13(9-18)15-8-14(21(23)24)4-5-16(15)19-17/h4-5,7-8,11-12,22H,2-3,6,10H2,1H3. The number of fused-ring (bicyclic) bond motifs is 1. The number of aliphatic hydroxyl groups excluding tert-OH is 1. The van der Waals surface area contributed by atoms with E-state index in [1.54, 1.807) is 19.1 Å². The lowest BCUT2D eigenvalue weighted by atomic mass is 9.93. The van der Waals surface area contributed by atoms with Crippen molar-refractivity contribution in [2.75, 3.05) is 18.0 Å². The summed E-state index contributed by atoms with van der Waals surface area (Å²) in [7, 11) is 0. The Hall–Kier alpha value is -2.72. The molecule has 0 spiro atoms. The van der Waals surface area contributed by atoms with Gasteiger partial charge in [-0.15, -0.1) is 0 Å². The average molecular weight is 326 g/mol. The van der Waals surface area contributed by atoms with Crippen molar-refractivity contribution in [2.45, 2.75) is 25.9 Å². The quantitative estimate of drug-likeness (QED) is 0.687. The molecule has 0 amide bonds. The third-order valence-electron chi connectivity index (χ3n) is 4.57. The molecule has 2 unspecified atom stereocenters. The molecule has 7 heteroatoms. The zero-order valence-electron chi connectivity index (χ0n) is 13.3. The van der Waals surface area contributed by atoms with Crippen molar-refractivity contribution >= 4 is 22.4 Å². The summed E-state index contributed by atoms with van der Waals surface area (Å²) in [5.41, 5.74) is 0.882. The van der Waals surface area contributed by atoms with Crippen LogP contribution in [0.4, 0.5) is 11.5 Å². The summed E-state index contributed by atoms with van der Waals surface area (Å²) in [6, 6.07) is 8.15. The molecule has 0 bridgehead atoms. The van der Waals surface area contributed by atoms with E-state index in [4.69, 9.17) is 0 Å². The van der Waals surface area contributed by atoms with E-state index in [0.29, 0.717) is 28.8 Å². The molecular weight excluding hydrogens is 308 g/mol. The molecule has 7 nitrogen and oxygen atoms in total. The number of aliphatic hydroxyl groups is 1. The molecule has 1 aliphatic heterocycles. The lowest BCUT2D eigenvalue weighted by Crippen LogP contribution is -2.40. The molecule has 124 valence electrons. The fourth-order valence-electron chi connectivity index (χ4n) is 3.18. The third-order valence-corrected chi connectivity index (χ3v) is 4.57. The molecule has 1 saturated heterocycles. The van der Waals surface area contributed by atoms with Crippen molar-refractivity contribution in [1.82, 2.24) is 4.98 Å². The molecule has 1 aliphatic rings. The first kappa shape index (κ1) is 16.1. The van der Waals surface area contributed by atoms with Crippen molar-refractivity contribution in [2.24, 2.45) is 5.92 Å². The predicted octanol–water partition coefficient (Wildman–Crippen LogP) is 2.61. The summed E-state index contributed by atoms with van der Waals surface area (Å²) >= 11 is 0. The average Bonchev–Trinajstić information content (AvgIpc) is 2.60. The molecule has 2 heterocycles. The number of nitro groups is 1. The highest BCUT2D eigenvalue weighted by Gasteiger charge is 2.25. The first-order valence-corrected chi connectivity index (χ1v) is 7.92. The maximum atomic E-state index is 10.9. The Balaban J connectivity index is 2.02. The molecule has 1 aromatic heterocycles. The van der Waals surface area contributed by atoms with Crippen LogP contribution in [0.5, 0.6) is 0 Å². The van der Waals surface area contributed by atoms with Crippen LogP contribution in [0.2, 0.25) is 0 Å². The summed E-state index contributed by atoms with van der Waals surface area (Å²) in [6.07, 6.45) is 1.54. The molecule has 1 fully saturated rings. The zero-order chi connectivity index (χ0) is 17.3. The topological polar surface area (TPSA) is 103 Å². The van der Waals surface area contributed by atoms with Crippen LogP contribution in [-0.4, -0.2) is 34.2 Å². The molecule has 0 aliphatic carbocycles. The van der Waals surface area contributed by atoms with Gasteiger partial charge in [0, 0.05) is 36.5 Å². The largest absolute Gasteiger partial charge is 0.393 e. The predicted molar refractivity (Wildman–Crippen MR) is 89.7 cm³/mol. The van der Waals surface area contributed by atoms with Crippen molar-refractivity contribution in [1.29, 1.82) is 5.26 Å². The number of rotatable bonds is 3. The van der Waals surface area contributed by atoms with Gasteiger partial charge in [-0.25, -0.2) is 4.98 Å². The van der Waals surface area contributed by atoms with Crippen molar-refractivity contribution in [3.63, 3.8) is 0 Å². The van der Waals surface area contributed by atoms with Crippen molar-refractivity contribution < 1.29 is 10.0 Å². The van der Waals surface area contributed by atoms with Gasteiger partial charge in [0.1, 0.15) is 5.82 Å². The van der Waals surface area contributed by atoms with Gasteiger partial charge >= 0.3 is 0 Å². The minimum Gasteiger partial charge on any atom is -0.393 e. The second-order valence-corrected chi connectivity index (χ2v) is 6.19. The normalized spacial score (nSPS) is 19.0. The molecule has 1 N–H and O–H groups in total. The number of nitriles is 1. The Morgan fingerprint density at radius 1 is 1.50 bits per heavy atom. The van der Waals surface area contributed by atoms with Gasteiger partial charge in [-0.05, 0) is 31.9 Å². The van der Waals surface area contributed by atoms with E-state index < -0.39 is 4.92 Å². The lowest BCUT2D eigenvalue weighted by Gasteiger charge is -2.35. The minimum atomic E-state index is -0.480. The monoisotopic (exact) mass is 326 g/mol. The molecule has 24 heavy (non-hydrogen) atoms. The molecule has 0 radical (unpaired) electrons. The van der Waals surface area contributed by atoms with Gasteiger partial charge in [-0.1, -0.05) is 0 Å². The van der Waals surface area contributed by atoms with Gasteiger partial charge in [0.05, 0.1) is 28.2 Å². The van der Waals surface area contributed by atoms with E-state index in [1.165, 1.54) is 12.1 Å². The van der Waals surface area contributed by atoms with Gasteiger partial charge < -0.3 is 10.0 Å². The van der Waals surface area contributed by atoms with E-state index in [9.17, 15) is 20.5 Å². The second kappa shape index (κ2) is 6.42. The van der Waals surface area contributed by atoms with Crippen molar-refractivity contribution in [3.8, 4) is 6.07 Å². The SMILES string of the molecule is CC(O)C1CCCN(c2cc(C#N)c3cc([N+](=O)[O-])ccc3n2)C1. The maximum Gasteiger partial charge on any atom is 0.270 e. The van der Waals surface area contributed by atoms with Crippen molar-refractivity contribution in [3.05, 3.63) is 39.9 Å². The molecular formula is C17H18N4O3. The van der Waals surface area contributed by atoms with E-state index >= 15 is 0 Å². The maximum absolute atomic E-state index is 10.9. The summed E-state index contributed by atoms with van der Waals surface area (Å²) in [5, 5.41) is 30.7. The van der Waals surface area contributed by atoms with Crippen LogP contribution in [0.1, 0.15) is 25.3 Å². The minimum absolute atomic E-state index is 0.0549. The number of hydrogen-bond donors (Lipinski definition) is 1. The Bertz CT molecular complexity index is 828. The number of benzene rings is 1. The first-order chi connectivity index (χ1) is 11.5. The Labute approximate surface area is 139 Å². The van der Waals surface area contributed by atoms with Crippen LogP contribution in [0, 0.1) is 27.4 Å². The fraction of sp³-hybridized carbons (Fsp3) is 0.412. The molecule has 3 rings (SSSR count). The summed E-state index contributed by atoms with van der Waals surface area (Å²) in [6.45, 7) is 3.30. The number of non-ortho nitro benzene ring substituents is 1. The summed E-state index contributed by atoms with van der Waals surface area (Å²) < 4.78 is 0. The Kier molecular flexibility index (Phi) is 4.32. The lowest BCUT2D eigenvalue weighted by molar-refractivity contribution is -0.384. The highest BCUT2D eigenvalue weighted by atomic mass is 16.6. The van der Waals surface area contributed by atoms with Gasteiger partial charge in [0.15, 0.2) is 0 Å². The van der Waals surface area contributed by atoms with Crippen LogP contribution in [0.3, 0.4) is 0 Å². The van der Waals surface area contributed by atoms with Crippen LogP contribution in [0.25, 0.3) is 10.9 Å². The highest BCUT2D eigenvalue weighted by molar-refractivity contribution is 5.88. The van der Waals surface area contributed by atoms with Crippen LogP contribution in [-0.2, 0) is 0 Å². The fourth-order valence-corrected chi connectivity index (χ4v) is 3.18. The number of nitro benzene ring substituents is 1. The van der Waals surface area contributed by atoms with Gasteiger partial charge in [-0.3, -0.25) is 10.1 Å². The number of nitrogens with zero attached hydrogens (tertiary/aromatic N) is 4. The van der Waals surface area contributed by atoms with Gasteiger partial charge in [0.25, 0.3) is 5.69 Å². The molecule has 2 atom stereocenters.